The molecule has 0 aliphatic carbocycles. The van der Waals surface area contributed by atoms with Crippen LogP contribution in [0.2, 0.25) is 0 Å². The van der Waals surface area contributed by atoms with E-state index in [0.717, 1.165) is 24.0 Å². The Morgan fingerprint density at radius 2 is 1.19 bits per heavy atom. The number of halogens is 2. The van der Waals surface area contributed by atoms with E-state index >= 15 is 0 Å². The molecule has 0 N–H and O–H groups in total. The second kappa shape index (κ2) is 7.92. The lowest BCUT2D eigenvalue weighted by Gasteiger charge is -2.18. The summed E-state index contributed by atoms with van der Waals surface area (Å²) in [5.74, 6) is -0.228. The minimum atomic E-state index is -0.220. The fraction of sp³-hybridized carbons (Fsp3) is 0.368. The number of hydrogen-bond donors (Lipinski definition) is 0. The first-order valence-corrected chi connectivity index (χ1v) is 7.71. The first-order chi connectivity index (χ1) is 10.2. The van der Waals surface area contributed by atoms with Gasteiger partial charge in [0.15, 0.2) is 0 Å². The van der Waals surface area contributed by atoms with Gasteiger partial charge in [-0.15, -0.1) is 0 Å². The van der Waals surface area contributed by atoms with Crippen molar-refractivity contribution in [3.63, 3.8) is 0 Å². The highest BCUT2D eigenvalue weighted by atomic mass is 19.1. The molecule has 0 unspecified atom stereocenters. The minimum Gasteiger partial charge on any atom is -0.207 e. The number of benzene rings is 2. The Bertz CT molecular complexity index is 483. The van der Waals surface area contributed by atoms with E-state index in [9.17, 15) is 8.78 Å². The van der Waals surface area contributed by atoms with Crippen LogP contribution in [0.5, 0.6) is 0 Å². The summed E-state index contributed by atoms with van der Waals surface area (Å²) in [6.45, 7) is 2.19. The van der Waals surface area contributed by atoms with Crippen molar-refractivity contribution in [2.24, 2.45) is 0 Å². The van der Waals surface area contributed by atoms with Crippen LogP contribution in [0.4, 0.5) is 8.78 Å². The fourth-order valence-electron chi connectivity index (χ4n) is 2.69. The van der Waals surface area contributed by atoms with Crippen LogP contribution < -0.4 is 0 Å². The van der Waals surface area contributed by atoms with Crippen molar-refractivity contribution in [2.75, 3.05) is 0 Å². The highest BCUT2D eigenvalue weighted by Crippen LogP contribution is 2.30. The third-order valence-electron chi connectivity index (χ3n) is 3.89. The standard InChI is InChI=1S/C19H22F2/c1-2-3-4-5-6-19(15-7-11-17(20)12-8-15)16-9-13-18(21)14-10-16/h7-14,19H,2-6H2,1H3. The van der Waals surface area contributed by atoms with E-state index in [1.807, 2.05) is 24.3 Å². The Labute approximate surface area is 125 Å². The monoisotopic (exact) mass is 288 g/mol. The van der Waals surface area contributed by atoms with Gasteiger partial charge in [0, 0.05) is 5.92 Å². The molecule has 0 fully saturated rings. The lowest BCUT2D eigenvalue weighted by atomic mass is 9.87. The Balaban J connectivity index is 2.17. The topological polar surface area (TPSA) is 0 Å². The Morgan fingerprint density at radius 1 is 0.714 bits per heavy atom. The van der Waals surface area contributed by atoms with Gasteiger partial charge in [-0.1, -0.05) is 56.9 Å². The molecular weight excluding hydrogens is 266 g/mol. The summed E-state index contributed by atoms with van der Waals surface area (Å²) < 4.78 is 26.2. The molecule has 0 heterocycles. The zero-order valence-electron chi connectivity index (χ0n) is 12.5. The van der Waals surface area contributed by atoms with Gasteiger partial charge < -0.3 is 0 Å². The van der Waals surface area contributed by atoms with E-state index < -0.39 is 0 Å². The average Bonchev–Trinajstić information content (AvgIpc) is 2.50. The molecule has 2 heteroatoms. The highest BCUT2D eigenvalue weighted by molar-refractivity contribution is 5.32. The van der Waals surface area contributed by atoms with Crippen molar-refractivity contribution in [3.05, 3.63) is 71.3 Å². The summed E-state index contributed by atoms with van der Waals surface area (Å²) >= 11 is 0. The number of hydrogen-bond acceptors (Lipinski definition) is 0. The summed E-state index contributed by atoms with van der Waals surface area (Å²) in [7, 11) is 0. The molecule has 0 spiro atoms. The maximum absolute atomic E-state index is 13.1. The zero-order chi connectivity index (χ0) is 15.1. The van der Waals surface area contributed by atoms with Crippen LogP contribution >= 0.6 is 0 Å². The lowest BCUT2D eigenvalue weighted by Crippen LogP contribution is -2.02. The minimum absolute atomic E-state index is 0.211. The van der Waals surface area contributed by atoms with E-state index in [-0.39, 0.29) is 17.6 Å². The van der Waals surface area contributed by atoms with E-state index in [4.69, 9.17) is 0 Å². The number of unbranched alkanes of at least 4 members (excludes halogenated alkanes) is 3. The van der Waals surface area contributed by atoms with Crippen LogP contribution in [0.15, 0.2) is 48.5 Å². The molecule has 0 saturated heterocycles. The maximum Gasteiger partial charge on any atom is 0.123 e. The normalized spacial score (nSPS) is 11.0. The molecule has 0 nitrogen and oxygen atoms in total. The van der Waals surface area contributed by atoms with Crippen molar-refractivity contribution in [1.82, 2.24) is 0 Å². The molecule has 0 saturated carbocycles. The Morgan fingerprint density at radius 3 is 1.62 bits per heavy atom. The molecule has 21 heavy (non-hydrogen) atoms. The molecule has 0 amide bonds. The predicted octanol–water partition coefficient (Wildman–Crippen LogP) is 6.07. The van der Waals surface area contributed by atoms with Gasteiger partial charge in [0.05, 0.1) is 0 Å². The summed E-state index contributed by atoms with van der Waals surface area (Å²) in [4.78, 5) is 0. The zero-order valence-corrected chi connectivity index (χ0v) is 12.5. The van der Waals surface area contributed by atoms with Gasteiger partial charge in [0.1, 0.15) is 11.6 Å². The summed E-state index contributed by atoms with van der Waals surface area (Å²) in [5.41, 5.74) is 2.19. The van der Waals surface area contributed by atoms with Gasteiger partial charge in [-0.3, -0.25) is 0 Å². The van der Waals surface area contributed by atoms with Crippen molar-refractivity contribution in [3.8, 4) is 0 Å². The molecule has 2 aromatic carbocycles. The average molecular weight is 288 g/mol. The van der Waals surface area contributed by atoms with Crippen molar-refractivity contribution >= 4 is 0 Å². The summed E-state index contributed by atoms with van der Waals surface area (Å²) in [5, 5.41) is 0. The summed E-state index contributed by atoms with van der Waals surface area (Å²) in [6.07, 6.45) is 5.79. The van der Waals surface area contributed by atoms with Gasteiger partial charge in [0.2, 0.25) is 0 Å². The highest BCUT2D eigenvalue weighted by Gasteiger charge is 2.14. The van der Waals surface area contributed by atoms with Crippen LogP contribution in [-0.4, -0.2) is 0 Å². The SMILES string of the molecule is CCCCCCC(c1ccc(F)cc1)c1ccc(F)cc1. The second-order valence-electron chi connectivity index (χ2n) is 5.51. The largest absolute Gasteiger partial charge is 0.207 e. The van der Waals surface area contributed by atoms with Gasteiger partial charge in [-0.2, -0.15) is 0 Å². The quantitative estimate of drug-likeness (QED) is 0.543. The van der Waals surface area contributed by atoms with Gasteiger partial charge >= 0.3 is 0 Å². The lowest BCUT2D eigenvalue weighted by molar-refractivity contribution is 0.590. The predicted molar refractivity (Wildman–Crippen MR) is 83.4 cm³/mol. The van der Waals surface area contributed by atoms with Gasteiger partial charge in [0.25, 0.3) is 0 Å². The molecule has 0 aliphatic heterocycles. The fourth-order valence-corrected chi connectivity index (χ4v) is 2.69. The van der Waals surface area contributed by atoms with Crippen molar-refractivity contribution in [2.45, 2.75) is 44.9 Å². The Kier molecular flexibility index (Phi) is 5.91. The van der Waals surface area contributed by atoms with Crippen LogP contribution in [0.3, 0.4) is 0 Å². The molecule has 0 aliphatic rings. The van der Waals surface area contributed by atoms with Crippen LogP contribution in [0.1, 0.15) is 56.1 Å². The van der Waals surface area contributed by atoms with Gasteiger partial charge in [-0.25, -0.2) is 8.78 Å². The molecule has 112 valence electrons. The van der Waals surface area contributed by atoms with E-state index in [0.29, 0.717) is 0 Å². The Hall–Kier alpha value is -1.70. The van der Waals surface area contributed by atoms with Crippen LogP contribution in [0, 0.1) is 11.6 Å². The maximum atomic E-state index is 13.1. The second-order valence-corrected chi connectivity index (χ2v) is 5.51. The van der Waals surface area contributed by atoms with Crippen molar-refractivity contribution < 1.29 is 8.78 Å². The molecule has 2 aromatic rings. The molecule has 0 bridgehead atoms. The van der Waals surface area contributed by atoms with Gasteiger partial charge in [-0.05, 0) is 41.8 Å². The third kappa shape index (κ3) is 4.66. The molecule has 2 rings (SSSR count). The smallest absolute Gasteiger partial charge is 0.123 e. The van der Waals surface area contributed by atoms with Crippen molar-refractivity contribution in [1.29, 1.82) is 0 Å². The van der Waals surface area contributed by atoms with E-state index in [1.165, 1.54) is 43.5 Å². The molecular formula is C19H22F2. The first-order valence-electron chi connectivity index (χ1n) is 7.71. The molecule has 0 aromatic heterocycles. The van der Waals surface area contributed by atoms with E-state index in [2.05, 4.69) is 6.92 Å². The summed E-state index contributed by atoms with van der Waals surface area (Å²) in [6, 6.07) is 13.3. The molecule has 0 radical (unpaired) electrons. The van der Waals surface area contributed by atoms with Crippen LogP contribution in [0.25, 0.3) is 0 Å². The number of rotatable bonds is 7. The first kappa shape index (κ1) is 15.7. The van der Waals surface area contributed by atoms with E-state index in [1.54, 1.807) is 0 Å². The third-order valence-corrected chi connectivity index (χ3v) is 3.89. The van der Waals surface area contributed by atoms with Crippen LogP contribution in [-0.2, 0) is 0 Å². The molecule has 0 atom stereocenters.